The van der Waals surface area contributed by atoms with Crippen LogP contribution in [0.2, 0.25) is 0 Å². The van der Waals surface area contributed by atoms with Crippen molar-refractivity contribution in [2.75, 3.05) is 9.80 Å². The van der Waals surface area contributed by atoms with Gasteiger partial charge >= 0.3 is 0 Å². The smallest absolute Gasteiger partial charge is 0.264 e. The Hall–Kier alpha value is -4.28. The third kappa shape index (κ3) is 6.02. The van der Waals surface area contributed by atoms with E-state index in [9.17, 15) is 8.22 Å². The fourth-order valence-corrected chi connectivity index (χ4v) is 10.6. The first-order chi connectivity index (χ1) is 29.5. The summed E-state index contributed by atoms with van der Waals surface area (Å²) in [5, 5.41) is 1.11. The van der Waals surface area contributed by atoms with E-state index in [2.05, 4.69) is 109 Å². The zero-order valence-corrected chi connectivity index (χ0v) is 37.2. The molecule has 0 bridgehead atoms. The van der Waals surface area contributed by atoms with Gasteiger partial charge in [0.25, 0.3) is 6.71 Å². The van der Waals surface area contributed by atoms with E-state index < -0.39 is 17.5 Å². The second-order valence-electron chi connectivity index (χ2n) is 21.3. The second kappa shape index (κ2) is 12.4. The van der Waals surface area contributed by atoms with Crippen LogP contribution in [0.25, 0.3) is 10.1 Å². The molecule has 0 atom stereocenters. The molecule has 5 aromatic carbocycles. The van der Waals surface area contributed by atoms with E-state index in [0.717, 1.165) is 55.8 Å². The highest BCUT2D eigenvalue weighted by Crippen LogP contribution is 2.52. The molecular weight excluding hydrogens is 707 g/mol. The molecule has 1 aliphatic carbocycles. The molecule has 4 heteroatoms. The Labute approximate surface area is 357 Å². The maximum Gasteiger partial charge on any atom is 0.264 e. The third-order valence-corrected chi connectivity index (χ3v) is 14.1. The number of thiophene rings is 1. The minimum absolute atomic E-state index is 0.00298. The summed E-state index contributed by atoms with van der Waals surface area (Å²) in [7, 11) is 0. The van der Waals surface area contributed by atoms with Crippen LogP contribution < -0.4 is 25.5 Å². The van der Waals surface area contributed by atoms with Crippen molar-refractivity contribution in [2.24, 2.45) is 0 Å². The first-order valence-corrected chi connectivity index (χ1v) is 21.5. The zero-order valence-electron chi connectivity index (χ0n) is 43.4. The Bertz CT molecular complexity index is 3020. The predicted molar refractivity (Wildman–Crippen MR) is 252 cm³/mol. The fraction of sp³-hybridized carbons (Fsp3) is 0.396. The van der Waals surface area contributed by atoms with Gasteiger partial charge in [0.1, 0.15) is 0 Å². The first-order valence-electron chi connectivity index (χ1n) is 24.2. The molecule has 0 unspecified atom stereocenters. The SMILES string of the molecule is [2H]c1c([2H])c(N2c3cc(C)cc4c3B(c3sc5ccc(C(C)(C)C)cc5c3N4c3ccc4c(c3)C(C)(C)CCC4(C)C)c3c([2H])c([2H])c(C(C)(C)C)c([2H])c32)c([2H])c(C(C)(C)C)c1[2H]. The van der Waals surface area contributed by atoms with Gasteiger partial charge in [0, 0.05) is 43.3 Å². The van der Waals surface area contributed by atoms with Gasteiger partial charge in [-0.05, 0) is 146 Å². The van der Waals surface area contributed by atoms with Gasteiger partial charge in [0.15, 0.2) is 0 Å². The zero-order chi connectivity index (χ0) is 46.9. The van der Waals surface area contributed by atoms with Crippen LogP contribution >= 0.6 is 11.3 Å². The summed E-state index contributed by atoms with van der Waals surface area (Å²) >= 11 is 1.70. The van der Waals surface area contributed by atoms with Crippen LogP contribution in [0.5, 0.6) is 0 Å². The number of anilines is 6. The molecule has 1 aromatic heterocycles. The van der Waals surface area contributed by atoms with Gasteiger partial charge in [-0.2, -0.15) is 0 Å². The molecule has 2 aliphatic heterocycles. The van der Waals surface area contributed by atoms with Crippen LogP contribution in [0.4, 0.5) is 34.1 Å². The summed E-state index contributed by atoms with van der Waals surface area (Å²) in [5.74, 6) is 0. The van der Waals surface area contributed by atoms with Crippen molar-refractivity contribution in [1.82, 2.24) is 0 Å². The van der Waals surface area contributed by atoms with Crippen LogP contribution in [-0.4, -0.2) is 6.71 Å². The van der Waals surface area contributed by atoms with E-state index in [1.165, 1.54) is 16.7 Å². The van der Waals surface area contributed by atoms with Crippen molar-refractivity contribution >= 4 is 78.0 Å². The normalized spacial score (nSPS) is 18.7. The summed E-state index contributed by atoms with van der Waals surface area (Å²) < 4.78 is 70.0. The monoisotopic (exact) mass is 776 g/mol. The van der Waals surface area contributed by atoms with E-state index in [0.29, 0.717) is 28.0 Å². The van der Waals surface area contributed by atoms with Crippen molar-refractivity contribution in [3.05, 3.63) is 124 Å². The Morgan fingerprint density at radius 1 is 0.632 bits per heavy atom. The summed E-state index contributed by atoms with van der Waals surface area (Å²) in [5.41, 5.74) is 9.54. The highest BCUT2D eigenvalue weighted by molar-refractivity contribution is 7.33. The van der Waals surface area contributed by atoms with Gasteiger partial charge in [0.05, 0.1) is 15.3 Å². The molecule has 9 rings (SSSR count). The summed E-state index contributed by atoms with van der Waals surface area (Å²) in [6, 6.07) is 17.4. The van der Waals surface area contributed by atoms with Crippen molar-refractivity contribution in [3.63, 3.8) is 0 Å². The van der Waals surface area contributed by atoms with Gasteiger partial charge < -0.3 is 9.80 Å². The first kappa shape index (κ1) is 30.8. The number of fused-ring (bicyclic) bond motifs is 7. The number of aryl methyl sites for hydroxylation is 1. The topological polar surface area (TPSA) is 6.48 Å². The molecule has 0 fully saturated rings. The highest BCUT2D eigenvalue weighted by atomic mass is 32.1. The molecule has 0 radical (unpaired) electrons. The van der Waals surface area contributed by atoms with Crippen molar-refractivity contribution in [3.8, 4) is 0 Å². The Morgan fingerprint density at radius 2 is 1.26 bits per heavy atom. The van der Waals surface area contributed by atoms with Gasteiger partial charge in [-0.1, -0.05) is 126 Å². The summed E-state index contributed by atoms with van der Waals surface area (Å²) in [6.45, 7) is 29.3. The Balaban J connectivity index is 1.49. The molecule has 0 amide bonds. The molecule has 0 saturated heterocycles. The maximum absolute atomic E-state index is 10.2. The van der Waals surface area contributed by atoms with E-state index in [1.54, 1.807) is 11.3 Å². The summed E-state index contributed by atoms with van der Waals surface area (Å²) in [4.78, 5) is 4.23. The maximum atomic E-state index is 10.2. The molecule has 292 valence electrons. The average molecular weight is 776 g/mol. The number of nitrogens with zero attached hydrogens (tertiary/aromatic N) is 2. The molecule has 2 nitrogen and oxygen atoms in total. The minimum Gasteiger partial charge on any atom is -0.311 e. The van der Waals surface area contributed by atoms with E-state index in [-0.39, 0.29) is 64.2 Å². The second-order valence-corrected chi connectivity index (χ2v) is 22.4. The van der Waals surface area contributed by atoms with Crippen LogP contribution in [0.1, 0.15) is 146 Å². The highest BCUT2D eigenvalue weighted by Gasteiger charge is 2.46. The predicted octanol–water partition coefficient (Wildman–Crippen LogP) is 13.5. The van der Waals surface area contributed by atoms with E-state index >= 15 is 0 Å². The molecule has 6 aromatic rings. The minimum atomic E-state index is -0.713. The van der Waals surface area contributed by atoms with Crippen LogP contribution in [0.15, 0.2) is 90.8 Å². The average Bonchev–Trinajstić information content (AvgIpc) is 3.55. The quantitative estimate of drug-likeness (QED) is 0.161. The van der Waals surface area contributed by atoms with Crippen molar-refractivity contribution in [2.45, 2.75) is 137 Å². The van der Waals surface area contributed by atoms with Crippen molar-refractivity contribution < 1.29 is 9.60 Å². The van der Waals surface area contributed by atoms with Gasteiger partial charge in [-0.15, -0.1) is 11.3 Å². The third-order valence-electron chi connectivity index (χ3n) is 12.9. The summed E-state index contributed by atoms with van der Waals surface area (Å²) in [6.07, 6.45) is 2.17. The lowest BCUT2D eigenvalue weighted by Gasteiger charge is -2.45. The van der Waals surface area contributed by atoms with Crippen molar-refractivity contribution in [1.29, 1.82) is 0 Å². The molecule has 0 N–H and O–H groups in total. The van der Waals surface area contributed by atoms with Crippen LogP contribution in [0, 0.1) is 6.92 Å². The molecular formula is C53H61BN2S. The molecule has 0 saturated carbocycles. The standard InChI is InChI=1S/C53H61BN2S/c1-32-26-43-46-44(27-32)56(37-20-21-39-40(31-37)53(13,14)25-24-52(39,11)12)47-38-29-34(50(5,6)7)19-23-45(38)57-48(47)54(46)41-22-18-35(51(8,9)10)30-42(41)55(43)36-17-15-16-33(28-36)49(2,3)4/h15-23,26-31H,24-25H2,1-14H3/i15D,16D,17D,18D,22D,28D,30D. The molecule has 3 heterocycles. The van der Waals surface area contributed by atoms with Crippen LogP contribution in [-0.2, 0) is 27.1 Å². The molecule has 0 spiro atoms. The molecule has 57 heavy (non-hydrogen) atoms. The van der Waals surface area contributed by atoms with Gasteiger partial charge in [0.2, 0.25) is 0 Å². The Morgan fingerprint density at radius 3 is 1.93 bits per heavy atom. The number of hydrogen-bond donors (Lipinski definition) is 0. The van der Waals surface area contributed by atoms with E-state index in [4.69, 9.17) is 1.37 Å². The number of hydrogen-bond acceptors (Lipinski definition) is 3. The lowest BCUT2D eigenvalue weighted by molar-refractivity contribution is 0.332. The molecule has 3 aliphatic rings. The number of rotatable bonds is 2. The van der Waals surface area contributed by atoms with Gasteiger partial charge in [-0.3, -0.25) is 0 Å². The van der Waals surface area contributed by atoms with Crippen LogP contribution in [0.3, 0.4) is 0 Å². The fourth-order valence-electron chi connectivity index (χ4n) is 9.27. The Kier molecular flexibility index (Phi) is 6.67. The lowest BCUT2D eigenvalue weighted by Crippen LogP contribution is -2.60. The lowest BCUT2D eigenvalue weighted by atomic mass is 9.36. The van der Waals surface area contributed by atoms with Gasteiger partial charge in [-0.25, -0.2) is 0 Å². The van der Waals surface area contributed by atoms with E-state index in [1.807, 2.05) is 46.4 Å². The largest absolute Gasteiger partial charge is 0.311 e. The number of benzene rings is 5.